The van der Waals surface area contributed by atoms with Crippen molar-refractivity contribution in [3.63, 3.8) is 0 Å². The fourth-order valence-electron chi connectivity index (χ4n) is 1.19. The Morgan fingerprint density at radius 2 is 2.11 bits per heavy atom. The average molecular weight is 346 g/mol. The molecular weight excluding hydrogens is 334 g/mol. The second kappa shape index (κ2) is 7.14. The molecule has 7 heteroatoms. The predicted molar refractivity (Wildman–Crippen MR) is 83.2 cm³/mol. The Bertz CT molecular complexity index is 497. The molecule has 0 heterocycles. The Morgan fingerprint density at radius 3 is 2.61 bits per heavy atom. The van der Waals surface area contributed by atoms with Crippen molar-refractivity contribution < 1.29 is 9.05 Å². The van der Waals surface area contributed by atoms with Crippen molar-refractivity contribution in [2.24, 2.45) is 0 Å². The van der Waals surface area contributed by atoms with E-state index in [4.69, 9.17) is 55.7 Å². The van der Waals surface area contributed by atoms with E-state index >= 15 is 0 Å². The summed E-state index contributed by atoms with van der Waals surface area (Å²) in [5.74, 6) is 0.371. The van der Waals surface area contributed by atoms with Crippen molar-refractivity contribution in [1.82, 2.24) is 0 Å². The second-order valence-corrected chi connectivity index (χ2v) is 8.43. The van der Waals surface area contributed by atoms with Gasteiger partial charge in [0.05, 0.1) is 5.02 Å². The van der Waals surface area contributed by atoms with E-state index in [0.29, 0.717) is 27.5 Å². The number of hydrogen-bond acceptors (Lipinski definition) is 3. The lowest BCUT2D eigenvalue weighted by Gasteiger charge is -2.21. The first-order chi connectivity index (χ1) is 8.45. The van der Waals surface area contributed by atoms with E-state index in [-0.39, 0.29) is 0 Å². The molecule has 1 aromatic carbocycles. The normalized spacial score (nSPS) is 15.3. The number of rotatable bonds is 5. The van der Waals surface area contributed by atoms with Crippen molar-refractivity contribution in [2.45, 2.75) is 6.92 Å². The molecule has 0 aromatic heterocycles. The molecule has 0 spiro atoms. The van der Waals surface area contributed by atoms with Crippen LogP contribution in [0.1, 0.15) is 12.5 Å². The minimum absolute atomic E-state index is 0.371. The molecule has 0 radical (unpaired) electrons. The van der Waals surface area contributed by atoms with Gasteiger partial charge in [0, 0.05) is 29.4 Å². The average Bonchev–Trinajstić information content (AvgIpc) is 2.39. The van der Waals surface area contributed by atoms with Gasteiger partial charge in [-0.2, -0.15) is 0 Å². The quantitative estimate of drug-likeness (QED) is 0.517. The third kappa shape index (κ3) is 4.12. The van der Waals surface area contributed by atoms with E-state index in [2.05, 4.69) is 0 Å². The van der Waals surface area contributed by atoms with Gasteiger partial charge < -0.3 is 9.05 Å². The first-order valence-corrected chi connectivity index (χ1v) is 9.07. The highest BCUT2D eigenvalue weighted by Crippen LogP contribution is 2.51. The zero-order valence-corrected chi connectivity index (χ0v) is 13.8. The van der Waals surface area contributed by atoms with E-state index in [0.717, 1.165) is 0 Å². The Balaban J connectivity index is 3.12. The number of benzene rings is 1. The maximum Gasteiger partial charge on any atom is 0.237 e. The molecule has 1 rings (SSSR count). The molecule has 0 N–H and O–H groups in total. The predicted octanol–water partition coefficient (Wildman–Crippen LogP) is 5.52. The van der Waals surface area contributed by atoms with Crippen LogP contribution in [-0.4, -0.2) is 13.3 Å². The van der Waals surface area contributed by atoms with Crippen LogP contribution in [0.15, 0.2) is 23.7 Å². The van der Waals surface area contributed by atoms with Crippen molar-refractivity contribution in [3.05, 3.63) is 39.3 Å². The number of hydrogen-bond donors (Lipinski definition) is 0. The van der Waals surface area contributed by atoms with E-state index in [9.17, 15) is 0 Å². The highest BCUT2D eigenvalue weighted by molar-refractivity contribution is 8.10. The van der Waals surface area contributed by atoms with Crippen molar-refractivity contribution in [1.29, 1.82) is 0 Å². The Kier molecular flexibility index (Phi) is 6.46. The smallest absolute Gasteiger partial charge is 0.237 e. The van der Waals surface area contributed by atoms with Crippen LogP contribution in [0.25, 0.3) is 5.76 Å². The number of halogens is 3. The summed E-state index contributed by atoms with van der Waals surface area (Å²) in [6.07, 6.45) is 0.589. The molecule has 1 aromatic rings. The van der Waals surface area contributed by atoms with Crippen LogP contribution in [0.3, 0.4) is 0 Å². The van der Waals surface area contributed by atoms with E-state index in [1.165, 1.54) is 12.6 Å². The van der Waals surface area contributed by atoms with Gasteiger partial charge in [0.15, 0.2) is 0 Å². The van der Waals surface area contributed by atoms with Crippen LogP contribution < -0.4 is 0 Å². The highest BCUT2D eigenvalue weighted by atomic mass is 35.5. The van der Waals surface area contributed by atoms with Gasteiger partial charge in [-0.25, -0.2) is 0 Å². The summed E-state index contributed by atoms with van der Waals surface area (Å²) in [4.78, 5) is 0. The fourth-order valence-corrected chi connectivity index (χ4v) is 2.96. The molecule has 2 nitrogen and oxygen atoms in total. The van der Waals surface area contributed by atoms with E-state index < -0.39 is 6.49 Å². The Labute approximate surface area is 127 Å². The summed E-state index contributed by atoms with van der Waals surface area (Å²) in [6.45, 7) is -0.477. The maximum absolute atomic E-state index is 6.08. The van der Waals surface area contributed by atoms with Crippen LogP contribution in [0, 0.1) is 0 Å². The zero-order chi connectivity index (χ0) is 13.8. The molecule has 0 bridgehead atoms. The summed E-state index contributed by atoms with van der Waals surface area (Å²) < 4.78 is 10.9. The summed E-state index contributed by atoms with van der Waals surface area (Å²) in [5, 5.41) is 1.02. The lowest BCUT2D eigenvalue weighted by atomic mass is 10.2. The van der Waals surface area contributed by atoms with E-state index in [1.807, 2.05) is 6.92 Å². The molecule has 0 amide bonds. The molecule has 0 fully saturated rings. The fraction of sp³-hybridized carbons (Fsp3) is 0.273. The van der Waals surface area contributed by atoms with Crippen LogP contribution in [-0.2, 0) is 20.9 Å². The van der Waals surface area contributed by atoms with Gasteiger partial charge in [-0.3, -0.25) is 0 Å². The SMILES string of the molecule is CCP(=S)(OC)O/C(=C\Cl)c1cc(Cl)ccc1Cl. The first kappa shape index (κ1) is 16.3. The van der Waals surface area contributed by atoms with Gasteiger partial charge in [0.25, 0.3) is 0 Å². The molecule has 1 atom stereocenters. The lowest BCUT2D eigenvalue weighted by molar-refractivity contribution is 0.379. The molecule has 0 saturated heterocycles. The van der Waals surface area contributed by atoms with Crippen molar-refractivity contribution in [3.8, 4) is 0 Å². The van der Waals surface area contributed by atoms with Gasteiger partial charge in [-0.05, 0) is 30.0 Å². The highest BCUT2D eigenvalue weighted by Gasteiger charge is 2.20. The summed E-state index contributed by atoms with van der Waals surface area (Å²) >= 11 is 23.1. The Hall–Kier alpha value is 0.240. The van der Waals surface area contributed by atoms with Crippen LogP contribution >= 0.6 is 41.3 Å². The molecule has 1 unspecified atom stereocenters. The second-order valence-electron chi connectivity index (χ2n) is 3.30. The van der Waals surface area contributed by atoms with Gasteiger partial charge in [0.1, 0.15) is 5.76 Å². The van der Waals surface area contributed by atoms with Crippen LogP contribution in [0.2, 0.25) is 10.0 Å². The Morgan fingerprint density at radius 1 is 1.44 bits per heavy atom. The molecule has 0 saturated carbocycles. The van der Waals surface area contributed by atoms with Crippen molar-refractivity contribution >= 4 is 58.9 Å². The van der Waals surface area contributed by atoms with Crippen molar-refractivity contribution in [2.75, 3.05) is 13.3 Å². The summed E-state index contributed by atoms with van der Waals surface area (Å²) in [7, 11) is 1.52. The summed E-state index contributed by atoms with van der Waals surface area (Å²) in [5.41, 5.74) is 1.88. The van der Waals surface area contributed by atoms with Crippen LogP contribution in [0.4, 0.5) is 0 Å². The van der Waals surface area contributed by atoms with Gasteiger partial charge in [-0.15, -0.1) is 0 Å². The largest absolute Gasteiger partial charge is 0.442 e. The monoisotopic (exact) mass is 344 g/mol. The topological polar surface area (TPSA) is 18.5 Å². The standard InChI is InChI=1S/C11H12Cl3O2PS/c1-3-17(18,15-2)16-11(7-12)9-6-8(13)4-5-10(9)14/h4-7H,3H2,1-2H3/b11-7-. The maximum atomic E-state index is 6.08. The minimum Gasteiger partial charge on any atom is -0.442 e. The van der Waals surface area contributed by atoms with Crippen LogP contribution in [0.5, 0.6) is 0 Å². The lowest BCUT2D eigenvalue weighted by Crippen LogP contribution is -1.96. The van der Waals surface area contributed by atoms with Gasteiger partial charge >= 0.3 is 0 Å². The molecule has 0 aliphatic rings. The first-order valence-electron chi connectivity index (χ1n) is 5.06. The summed E-state index contributed by atoms with van der Waals surface area (Å²) in [6, 6.07) is 5.03. The molecule has 18 heavy (non-hydrogen) atoms. The third-order valence-corrected chi connectivity index (χ3v) is 6.21. The zero-order valence-electron chi connectivity index (χ0n) is 9.82. The molecule has 100 valence electrons. The van der Waals surface area contributed by atoms with E-state index in [1.54, 1.807) is 18.2 Å². The minimum atomic E-state index is -2.38. The third-order valence-electron chi connectivity index (χ3n) is 2.20. The van der Waals surface area contributed by atoms with Gasteiger partial charge in [-0.1, -0.05) is 41.7 Å². The molecule has 0 aliphatic carbocycles. The molecular formula is C11H12Cl3O2PS. The van der Waals surface area contributed by atoms with Gasteiger partial charge in [0.2, 0.25) is 6.49 Å². The molecule has 0 aliphatic heterocycles.